The molecule has 0 aliphatic carbocycles. The second-order valence-corrected chi connectivity index (χ2v) is 7.62. The molecule has 0 spiro atoms. The molecule has 0 amide bonds. The van der Waals surface area contributed by atoms with E-state index in [2.05, 4.69) is 0 Å². The van der Waals surface area contributed by atoms with Crippen molar-refractivity contribution in [3.05, 3.63) is 23.8 Å². The van der Waals surface area contributed by atoms with E-state index in [0.717, 1.165) is 5.56 Å². The quantitative estimate of drug-likeness (QED) is 0.409. The van der Waals surface area contributed by atoms with Crippen molar-refractivity contribution in [1.29, 1.82) is 0 Å². The number of nitrogen functional groups attached to an aromatic ring is 2. The molecule has 7 heteroatoms. The minimum absolute atomic E-state index is 0.0683. The molecule has 0 radical (unpaired) electrons. The van der Waals surface area contributed by atoms with Crippen molar-refractivity contribution >= 4 is 19.0 Å². The second-order valence-electron chi connectivity index (χ2n) is 5.71. The maximum Gasteiger partial charge on any atom is 0.356 e. The summed E-state index contributed by atoms with van der Waals surface area (Å²) in [6.07, 6.45) is 0.170. The van der Waals surface area contributed by atoms with E-state index in [1.165, 1.54) is 0 Å². The van der Waals surface area contributed by atoms with Gasteiger partial charge >= 0.3 is 7.60 Å². The van der Waals surface area contributed by atoms with Crippen LogP contribution in [0.1, 0.15) is 33.3 Å². The van der Waals surface area contributed by atoms with Gasteiger partial charge in [-0.3, -0.25) is 4.57 Å². The highest BCUT2D eigenvalue weighted by Gasteiger charge is 2.27. The van der Waals surface area contributed by atoms with Crippen molar-refractivity contribution < 1.29 is 18.3 Å². The third-order valence-corrected chi connectivity index (χ3v) is 4.55. The lowest BCUT2D eigenvalue weighted by Gasteiger charge is -2.22. The van der Waals surface area contributed by atoms with Crippen LogP contribution in [-0.2, 0) is 24.8 Å². The number of hydrogen-bond donors (Lipinski definition) is 2. The molecule has 4 N–H and O–H groups in total. The molecule has 1 aromatic rings. The van der Waals surface area contributed by atoms with Crippen molar-refractivity contribution in [2.45, 2.75) is 46.3 Å². The fourth-order valence-corrected chi connectivity index (χ4v) is 3.79. The molecular formula is C15H27N2O4P. The van der Waals surface area contributed by atoms with E-state index in [4.69, 9.17) is 25.3 Å². The predicted molar refractivity (Wildman–Crippen MR) is 89.8 cm³/mol. The normalized spacial score (nSPS) is 12.3. The van der Waals surface area contributed by atoms with E-state index in [9.17, 15) is 4.57 Å². The van der Waals surface area contributed by atoms with Crippen LogP contribution in [0.4, 0.5) is 11.4 Å². The zero-order chi connectivity index (χ0) is 16.8. The third-order valence-electron chi connectivity index (χ3n) is 2.56. The van der Waals surface area contributed by atoms with Crippen LogP contribution in [0.25, 0.3) is 0 Å². The Labute approximate surface area is 132 Å². The van der Waals surface area contributed by atoms with E-state index in [-0.39, 0.29) is 18.6 Å². The first kappa shape index (κ1) is 19.0. The Bertz CT molecular complexity index is 486. The number of rotatable bonds is 9. The van der Waals surface area contributed by atoms with Gasteiger partial charge in [-0.25, -0.2) is 0 Å². The summed E-state index contributed by atoms with van der Waals surface area (Å²) in [5, 5.41) is 0. The highest BCUT2D eigenvalue weighted by molar-refractivity contribution is 7.53. The molecule has 1 aromatic carbocycles. The van der Waals surface area contributed by atoms with Gasteiger partial charge in [-0.15, -0.1) is 0 Å². The topological polar surface area (TPSA) is 96.8 Å². The summed E-state index contributed by atoms with van der Waals surface area (Å²) in [5.74, 6) is 0. The smallest absolute Gasteiger partial charge is 0.356 e. The summed E-state index contributed by atoms with van der Waals surface area (Å²) in [7, 11) is -3.24. The van der Waals surface area contributed by atoms with Crippen LogP contribution in [-0.4, -0.2) is 25.2 Å². The summed E-state index contributed by atoms with van der Waals surface area (Å²) in [4.78, 5) is 0. The molecule has 0 atom stereocenters. The van der Waals surface area contributed by atoms with Gasteiger partial charge in [0.2, 0.25) is 0 Å². The number of nitrogens with two attached hydrogens (primary N) is 2. The van der Waals surface area contributed by atoms with Gasteiger partial charge in [0.15, 0.2) is 0 Å². The Morgan fingerprint density at radius 3 is 1.95 bits per heavy atom. The molecule has 126 valence electrons. The maximum absolute atomic E-state index is 12.5. The Morgan fingerprint density at radius 1 is 1.00 bits per heavy atom. The molecule has 0 saturated carbocycles. The van der Waals surface area contributed by atoms with Gasteiger partial charge in [-0.05, 0) is 57.9 Å². The van der Waals surface area contributed by atoms with Crippen LogP contribution in [0.2, 0.25) is 0 Å². The number of benzene rings is 1. The first-order valence-corrected chi connectivity index (χ1v) is 9.11. The lowest BCUT2D eigenvalue weighted by Crippen LogP contribution is -2.12. The maximum atomic E-state index is 12.5. The molecule has 1 rings (SSSR count). The average molecular weight is 330 g/mol. The van der Waals surface area contributed by atoms with Gasteiger partial charge in [-0.2, -0.15) is 0 Å². The van der Waals surface area contributed by atoms with Gasteiger partial charge in [-0.1, -0.05) is 0 Å². The Balaban J connectivity index is 2.50. The molecule has 0 unspecified atom stereocenters. The van der Waals surface area contributed by atoms with Crippen LogP contribution in [0.3, 0.4) is 0 Å². The molecule has 0 saturated heterocycles. The van der Waals surface area contributed by atoms with Crippen LogP contribution < -0.4 is 11.5 Å². The number of ether oxygens (including phenoxy) is 1. The van der Waals surface area contributed by atoms with E-state index >= 15 is 0 Å². The van der Waals surface area contributed by atoms with E-state index < -0.39 is 7.60 Å². The van der Waals surface area contributed by atoms with E-state index in [0.29, 0.717) is 24.4 Å². The van der Waals surface area contributed by atoms with Crippen LogP contribution >= 0.6 is 7.60 Å². The Morgan fingerprint density at radius 2 is 1.50 bits per heavy atom. The highest BCUT2D eigenvalue weighted by atomic mass is 31.2. The van der Waals surface area contributed by atoms with E-state index in [1.807, 2.05) is 39.8 Å². The van der Waals surface area contributed by atoms with Gasteiger partial charge in [0, 0.05) is 11.4 Å². The Kier molecular flexibility index (Phi) is 7.36. The van der Waals surface area contributed by atoms with Crippen molar-refractivity contribution in [3.63, 3.8) is 0 Å². The van der Waals surface area contributed by atoms with Crippen molar-refractivity contribution in [1.82, 2.24) is 0 Å². The molecule has 6 nitrogen and oxygen atoms in total. The average Bonchev–Trinajstić information content (AvgIpc) is 2.31. The van der Waals surface area contributed by atoms with Crippen LogP contribution in [0.15, 0.2) is 18.2 Å². The van der Waals surface area contributed by atoms with Crippen molar-refractivity contribution in [2.75, 3.05) is 24.4 Å². The minimum atomic E-state index is -3.24. The standard InChI is InChI=1S/C15H27N2O4P/c1-11(2)20-22(18,21-12(3)4)10-19-6-5-13-7-14(16)9-15(17)8-13/h7-9,11-12H,5-6,10,16-17H2,1-4H3. The fraction of sp³-hybridized carbons (Fsp3) is 0.600. The van der Waals surface area contributed by atoms with Crippen LogP contribution in [0.5, 0.6) is 0 Å². The zero-order valence-corrected chi connectivity index (χ0v) is 14.6. The SMILES string of the molecule is CC(C)OP(=O)(COCCc1cc(N)cc(N)c1)OC(C)C. The van der Waals surface area contributed by atoms with E-state index in [1.54, 1.807) is 6.07 Å². The minimum Gasteiger partial charge on any atom is -0.399 e. The van der Waals surface area contributed by atoms with Gasteiger partial charge in [0.25, 0.3) is 0 Å². The molecular weight excluding hydrogens is 303 g/mol. The van der Waals surface area contributed by atoms with Crippen LogP contribution in [0, 0.1) is 0 Å². The number of anilines is 2. The summed E-state index contributed by atoms with van der Waals surface area (Å²) < 4.78 is 28.8. The van der Waals surface area contributed by atoms with Gasteiger partial charge < -0.3 is 25.3 Å². The largest absolute Gasteiger partial charge is 0.399 e. The molecule has 0 aliphatic rings. The molecule has 0 fully saturated rings. The predicted octanol–water partition coefficient (Wildman–Crippen LogP) is 3.41. The molecule has 0 bridgehead atoms. The number of hydrogen-bond acceptors (Lipinski definition) is 6. The van der Waals surface area contributed by atoms with Gasteiger partial charge in [0.05, 0.1) is 18.8 Å². The summed E-state index contributed by atoms with van der Waals surface area (Å²) in [5.41, 5.74) is 13.7. The monoisotopic (exact) mass is 330 g/mol. The lowest BCUT2D eigenvalue weighted by atomic mass is 10.1. The molecule has 22 heavy (non-hydrogen) atoms. The molecule has 0 heterocycles. The second kappa shape index (κ2) is 8.53. The zero-order valence-electron chi connectivity index (χ0n) is 13.7. The Hall–Kier alpha value is -1.07. The van der Waals surface area contributed by atoms with Gasteiger partial charge in [0.1, 0.15) is 6.35 Å². The summed E-state index contributed by atoms with van der Waals surface area (Å²) in [6, 6.07) is 5.38. The summed E-state index contributed by atoms with van der Waals surface area (Å²) in [6.45, 7) is 7.63. The first-order chi connectivity index (χ1) is 10.2. The third kappa shape index (κ3) is 7.27. The summed E-state index contributed by atoms with van der Waals surface area (Å²) >= 11 is 0. The lowest BCUT2D eigenvalue weighted by molar-refractivity contribution is 0.0997. The highest BCUT2D eigenvalue weighted by Crippen LogP contribution is 2.50. The fourth-order valence-electron chi connectivity index (χ4n) is 1.98. The molecule has 0 aromatic heterocycles. The molecule has 0 aliphatic heterocycles. The van der Waals surface area contributed by atoms with Crippen molar-refractivity contribution in [2.24, 2.45) is 0 Å². The van der Waals surface area contributed by atoms with Crippen molar-refractivity contribution in [3.8, 4) is 0 Å². The first-order valence-electron chi connectivity index (χ1n) is 7.39.